The van der Waals surface area contributed by atoms with Gasteiger partial charge >= 0.3 is 7.32 Å². The minimum atomic E-state index is -1.81. The SMILES string of the molecule is OB(O)Oc1cccc(-c2cccc3c2sc2ccccc23)c1. The molecule has 1 heterocycles. The Balaban J connectivity index is 1.92. The molecule has 0 aliphatic carbocycles. The van der Waals surface area contributed by atoms with Crippen molar-refractivity contribution < 1.29 is 14.7 Å². The van der Waals surface area contributed by atoms with Gasteiger partial charge in [-0.1, -0.05) is 48.5 Å². The molecule has 2 N–H and O–H groups in total. The highest BCUT2D eigenvalue weighted by Gasteiger charge is 2.13. The first kappa shape index (κ1) is 14.3. The van der Waals surface area contributed by atoms with E-state index in [1.165, 1.54) is 20.2 Å². The molecule has 1 aromatic heterocycles. The maximum Gasteiger partial charge on any atom is 0.707 e. The Morgan fingerprint density at radius 3 is 2.48 bits per heavy atom. The van der Waals surface area contributed by atoms with Gasteiger partial charge in [-0.2, -0.15) is 0 Å². The first-order chi connectivity index (χ1) is 11.2. The fourth-order valence-corrected chi connectivity index (χ4v) is 4.07. The molecule has 0 aliphatic heterocycles. The molecule has 0 amide bonds. The fourth-order valence-electron chi connectivity index (χ4n) is 2.83. The standard InChI is InChI=1S/C18H13BO3S/c20-19(21)22-13-6-3-5-12(11-13)14-8-4-9-16-15-7-1-2-10-17(15)23-18(14)16/h1-11,20-21H. The highest BCUT2D eigenvalue weighted by molar-refractivity contribution is 7.26. The molecule has 0 saturated carbocycles. The second-order valence-corrected chi connectivity index (χ2v) is 6.30. The number of benzene rings is 3. The lowest BCUT2D eigenvalue weighted by atomic mass is 10.0. The molecule has 3 aromatic carbocycles. The molecule has 4 aromatic rings. The van der Waals surface area contributed by atoms with Crippen LogP contribution in [0.4, 0.5) is 0 Å². The van der Waals surface area contributed by atoms with Crippen LogP contribution in [0.1, 0.15) is 0 Å². The van der Waals surface area contributed by atoms with E-state index < -0.39 is 7.32 Å². The summed E-state index contributed by atoms with van der Waals surface area (Å²) < 4.78 is 7.44. The van der Waals surface area contributed by atoms with E-state index in [1.54, 1.807) is 17.4 Å². The van der Waals surface area contributed by atoms with Gasteiger partial charge in [0.05, 0.1) is 0 Å². The quantitative estimate of drug-likeness (QED) is 0.560. The molecule has 3 nitrogen and oxygen atoms in total. The molecule has 0 fully saturated rings. The second-order valence-electron chi connectivity index (χ2n) is 5.25. The van der Waals surface area contributed by atoms with Crippen LogP contribution in [0.2, 0.25) is 0 Å². The second kappa shape index (κ2) is 5.70. The number of hydrogen-bond acceptors (Lipinski definition) is 4. The molecule has 0 spiro atoms. The van der Waals surface area contributed by atoms with Gasteiger partial charge in [0.15, 0.2) is 0 Å². The van der Waals surface area contributed by atoms with Gasteiger partial charge in [-0.3, -0.25) is 0 Å². The normalized spacial score (nSPS) is 11.0. The largest absolute Gasteiger partial charge is 0.707 e. The van der Waals surface area contributed by atoms with Crippen LogP contribution in [0.15, 0.2) is 66.7 Å². The maximum absolute atomic E-state index is 8.97. The van der Waals surface area contributed by atoms with Crippen molar-refractivity contribution in [3.05, 3.63) is 66.7 Å². The van der Waals surface area contributed by atoms with E-state index in [4.69, 9.17) is 14.7 Å². The number of thiophene rings is 1. The molecule has 5 heteroatoms. The summed E-state index contributed by atoms with van der Waals surface area (Å²) in [6.07, 6.45) is 0. The van der Waals surface area contributed by atoms with Gasteiger partial charge < -0.3 is 14.7 Å². The third kappa shape index (κ3) is 2.59. The van der Waals surface area contributed by atoms with Crippen molar-refractivity contribution in [2.45, 2.75) is 0 Å². The van der Waals surface area contributed by atoms with Gasteiger partial charge in [-0.15, -0.1) is 11.3 Å². The predicted octanol–water partition coefficient (Wildman–Crippen LogP) is 4.07. The Kier molecular flexibility index (Phi) is 3.54. The van der Waals surface area contributed by atoms with Crippen LogP contribution >= 0.6 is 11.3 Å². The van der Waals surface area contributed by atoms with Crippen LogP contribution < -0.4 is 4.65 Å². The maximum atomic E-state index is 8.97. The summed E-state index contributed by atoms with van der Waals surface area (Å²) in [6.45, 7) is 0. The summed E-state index contributed by atoms with van der Waals surface area (Å²) >= 11 is 1.76. The van der Waals surface area contributed by atoms with E-state index in [9.17, 15) is 0 Å². The van der Waals surface area contributed by atoms with Crippen molar-refractivity contribution in [2.24, 2.45) is 0 Å². The predicted molar refractivity (Wildman–Crippen MR) is 95.6 cm³/mol. The zero-order valence-corrected chi connectivity index (χ0v) is 13.0. The minimum Gasteiger partial charge on any atom is -0.512 e. The highest BCUT2D eigenvalue weighted by atomic mass is 32.1. The van der Waals surface area contributed by atoms with Crippen molar-refractivity contribution >= 4 is 38.8 Å². The van der Waals surface area contributed by atoms with Crippen molar-refractivity contribution in [1.29, 1.82) is 0 Å². The van der Waals surface area contributed by atoms with Gasteiger partial charge in [-0.25, -0.2) is 0 Å². The lowest BCUT2D eigenvalue weighted by molar-refractivity contribution is 0.288. The van der Waals surface area contributed by atoms with Gasteiger partial charge in [0.2, 0.25) is 0 Å². The average Bonchev–Trinajstić information content (AvgIpc) is 2.93. The first-order valence-corrected chi connectivity index (χ1v) is 8.07. The smallest absolute Gasteiger partial charge is 0.512 e. The fraction of sp³-hybridized carbons (Fsp3) is 0. The Hall–Kier alpha value is -2.34. The van der Waals surface area contributed by atoms with Crippen molar-refractivity contribution in [2.75, 3.05) is 0 Å². The van der Waals surface area contributed by atoms with Crippen LogP contribution in [0, 0.1) is 0 Å². The van der Waals surface area contributed by atoms with E-state index in [1.807, 2.05) is 24.3 Å². The van der Waals surface area contributed by atoms with Crippen LogP contribution in [0.25, 0.3) is 31.3 Å². The van der Waals surface area contributed by atoms with Gasteiger partial charge in [-0.05, 0) is 29.3 Å². The molecule has 0 unspecified atom stereocenters. The van der Waals surface area contributed by atoms with Gasteiger partial charge in [0.1, 0.15) is 5.75 Å². The molecule has 0 radical (unpaired) electrons. The minimum absolute atomic E-state index is 0.426. The Bertz CT molecular complexity index is 994. The van der Waals surface area contributed by atoms with Crippen LogP contribution in [0.5, 0.6) is 5.75 Å². The van der Waals surface area contributed by atoms with Crippen LogP contribution in [-0.4, -0.2) is 17.4 Å². The Labute approximate surface area is 137 Å². The summed E-state index contributed by atoms with van der Waals surface area (Å²) in [6, 6.07) is 22.0. The van der Waals surface area contributed by atoms with Gasteiger partial charge in [0.25, 0.3) is 0 Å². The van der Waals surface area contributed by atoms with Gasteiger partial charge in [0, 0.05) is 20.2 Å². The molecule has 0 bridgehead atoms. The molecule has 0 atom stereocenters. The third-order valence-electron chi connectivity index (χ3n) is 3.79. The topological polar surface area (TPSA) is 49.7 Å². The number of hydrogen-bond donors (Lipinski definition) is 2. The van der Waals surface area contributed by atoms with Crippen molar-refractivity contribution in [3.63, 3.8) is 0 Å². The molecule has 112 valence electrons. The van der Waals surface area contributed by atoms with E-state index >= 15 is 0 Å². The zero-order valence-electron chi connectivity index (χ0n) is 12.1. The summed E-state index contributed by atoms with van der Waals surface area (Å²) in [5.74, 6) is 0.426. The first-order valence-electron chi connectivity index (χ1n) is 7.26. The van der Waals surface area contributed by atoms with E-state index in [0.717, 1.165) is 11.1 Å². The molecular formula is C18H13BO3S. The zero-order chi connectivity index (χ0) is 15.8. The average molecular weight is 320 g/mol. The molecule has 23 heavy (non-hydrogen) atoms. The van der Waals surface area contributed by atoms with Crippen molar-refractivity contribution in [1.82, 2.24) is 0 Å². The highest BCUT2D eigenvalue weighted by Crippen LogP contribution is 2.40. The summed E-state index contributed by atoms with van der Waals surface area (Å²) in [5.41, 5.74) is 2.10. The van der Waals surface area contributed by atoms with E-state index in [-0.39, 0.29) is 0 Å². The summed E-state index contributed by atoms with van der Waals surface area (Å²) in [7, 11) is -1.81. The lowest BCUT2D eigenvalue weighted by Crippen LogP contribution is -2.20. The van der Waals surface area contributed by atoms with E-state index in [0.29, 0.717) is 5.75 Å². The third-order valence-corrected chi connectivity index (χ3v) is 5.01. The molecule has 4 rings (SSSR count). The molecule has 0 aliphatic rings. The van der Waals surface area contributed by atoms with Crippen LogP contribution in [-0.2, 0) is 0 Å². The van der Waals surface area contributed by atoms with Crippen LogP contribution in [0.3, 0.4) is 0 Å². The Morgan fingerprint density at radius 2 is 1.61 bits per heavy atom. The molecular weight excluding hydrogens is 307 g/mol. The number of fused-ring (bicyclic) bond motifs is 3. The molecule has 0 saturated heterocycles. The summed E-state index contributed by atoms with van der Waals surface area (Å²) in [5, 5.41) is 20.4. The lowest BCUT2D eigenvalue weighted by Gasteiger charge is -2.08. The van der Waals surface area contributed by atoms with Crippen molar-refractivity contribution in [3.8, 4) is 16.9 Å². The number of rotatable bonds is 3. The Morgan fingerprint density at radius 1 is 0.826 bits per heavy atom. The van der Waals surface area contributed by atoms with E-state index in [2.05, 4.69) is 36.4 Å². The summed E-state index contributed by atoms with van der Waals surface area (Å²) in [4.78, 5) is 0. The monoisotopic (exact) mass is 320 g/mol.